The highest BCUT2D eigenvalue weighted by atomic mass is 16.8. The predicted molar refractivity (Wildman–Crippen MR) is 200 cm³/mol. The van der Waals surface area contributed by atoms with Gasteiger partial charge in [0.2, 0.25) is 0 Å². The third kappa shape index (κ3) is 10.4. The normalized spacial score (nSPS) is 38.7. The molecule has 4 aliphatic heterocycles. The van der Waals surface area contributed by atoms with Crippen molar-refractivity contribution in [3.63, 3.8) is 0 Å². The van der Waals surface area contributed by atoms with Crippen LogP contribution in [0.25, 0.3) is 6.08 Å². The van der Waals surface area contributed by atoms with Crippen LogP contribution in [0.5, 0.6) is 23.0 Å². The first-order chi connectivity index (χ1) is 29.4. The van der Waals surface area contributed by atoms with Crippen LogP contribution >= 0.6 is 0 Å². The number of hydrogen-bond donors (Lipinski definition) is 13. The highest BCUT2D eigenvalue weighted by Crippen LogP contribution is 2.36. The summed E-state index contributed by atoms with van der Waals surface area (Å²) in [4.78, 5) is 13.4. The second-order valence-electron chi connectivity index (χ2n) is 15.5. The minimum atomic E-state index is -2.09. The Morgan fingerprint density at radius 3 is 1.95 bits per heavy atom. The van der Waals surface area contributed by atoms with Crippen molar-refractivity contribution >= 4 is 12.0 Å². The van der Waals surface area contributed by atoms with Gasteiger partial charge >= 0.3 is 5.97 Å². The maximum Gasteiger partial charge on any atom is 0.331 e. The van der Waals surface area contributed by atoms with Gasteiger partial charge in [-0.25, -0.2) is 4.79 Å². The predicted octanol–water partition coefficient (Wildman–Crippen LogP) is -4.09. The molecule has 4 aliphatic rings. The fourth-order valence-corrected chi connectivity index (χ4v) is 7.11. The van der Waals surface area contributed by atoms with E-state index >= 15 is 0 Å². The maximum atomic E-state index is 13.4. The molecule has 0 unspecified atom stereocenters. The number of rotatable bonds is 16. The fraction of sp³-hybridized carbons (Fsp3) is 0.615. The van der Waals surface area contributed by atoms with Gasteiger partial charge in [0.05, 0.1) is 45.7 Å². The van der Waals surface area contributed by atoms with Crippen molar-refractivity contribution in [2.24, 2.45) is 0 Å². The number of ether oxygens (including phenoxy) is 9. The Morgan fingerprint density at radius 2 is 1.32 bits per heavy atom. The van der Waals surface area contributed by atoms with E-state index in [9.17, 15) is 71.2 Å². The molecule has 4 fully saturated rings. The molecule has 0 saturated carbocycles. The average molecular weight is 889 g/mol. The van der Waals surface area contributed by atoms with E-state index in [-0.39, 0.29) is 24.3 Å². The number of phenolic OH excluding ortho intramolecular Hbond substituents is 4. The van der Waals surface area contributed by atoms with E-state index in [1.165, 1.54) is 43.3 Å². The Balaban J connectivity index is 1.26. The minimum Gasteiger partial charge on any atom is -0.504 e. The number of phenols is 4. The molecule has 0 spiro atoms. The van der Waals surface area contributed by atoms with E-state index in [1.54, 1.807) is 0 Å². The molecule has 23 nitrogen and oxygen atoms in total. The molecule has 16 atom stereocenters. The number of carbonyl (C=O) groups is 1. The van der Waals surface area contributed by atoms with E-state index in [4.69, 9.17) is 42.6 Å². The quantitative estimate of drug-likeness (QED) is 0.0433. The molecule has 0 amide bonds. The van der Waals surface area contributed by atoms with Crippen LogP contribution in [-0.2, 0) is 53.8 Å². The molecule has 4 saturated heterocycles. The third-order valence-corrected chi connectivity index (χ3v) is 10.9. The summed E-state index contributed by atoms with van der Waals surface area (Å²) in [5, 5.41) is 135. The van der Waals surface area contributed by atoms with Crippen LogP contribution < -0.4 is 0 Å². The van der Waals surface area contributed by atoms with Gasteiger partial charge in [0.15, 0.2) is 54.3 Å². The van der Waals surface area contributed by atoms with Crippen LogP contribution in [0.4, 0.5) is 0 Å². The Kier molecular flexibility index (Phi) is 15.3. The number of benzene rings is 2. The summed E-state index contributed by atoms with van der Waals surface area (Å²) >= 11 is 0. The van der Waals surface area contributed by atoms with Crippen molar-refractivity contribution in [2.45, 2.75) is 111 Å². The number of carbonyl (C=O) groups excluding carboxylic acids is 1. The van der Waals surface area contributed by atoms with E-state index in [2.05, 4.69) is 0 Å². The van der Waals surface area contributed by atoms with Gasteiger partial charge in [0, 0.05) is 6.08 Å². The highest BCUT2D eigenvalue weighted by Gasteiger charge is 2.56. The Bertz CT molecular complexity index is 1850. The topological polar surface area (TPSA) is 363 Å². The lowest BCUT2D eigenvalue weighted by Crippen LogP contribution is -2.65. The zero-order chi connectivity index (χ0) is 45.1. The molecule has 23 heteroatoms. The van der Waals surface area contributed by atoms with Crippen LogP contribution in [0.1, 0.15) is 18.1 Å². The summed E-state index contributed by atoms with van der Waals surface area (Å²) in [6.45, 7) is -2.28. The summed E-state index contributed by atoms with van der Waals surface area (Å²) in [5.74, 6) is -2.77. The van der Waals surface area contributed by atoms with Crippen molar-refractivity contribution in [3.05, 3.63) is 53.6 Å². The smallest absolute Gasteiger partial charge is 0.331 e. The van der Waals surface area contributed by atoms with Gasteiger partial charge in [-0.05, 0) is 54.8 Å². The summed E-state index contributed by atoms with van der Waals surface area (Å²) < 4.78 is 51.7. The molecule has 2 aromatic carbocycles. The molecule has 62 heavy (non-hydrogen) atoms. The van der Waals surface area contributed by atoms with Gasteiger partial charge in [0.1, 0.15) is 60.0 Å². The number of aliphatic hydroxyl groups is 9. The lowest BCUT2D eigenvalue weighted by atomic mass is 9.96. The van der Waals surface area contributed by atoms with Crippen molar-refractivity contribution < 1.29 is 114 Å². The molecule has 2 aromatic rings. The fourth-order valence-electron chi connectivity index (χ4n) is 7.11. The molecule has 4 heterocycles. The molecular weight excluding hydrogens is 836 g/mol. The Morgan fingerprint density at radius 1 is 0.710 bits per heavy atom. The Hall–Kier alpha value is -3.83. The number of aliphatic hydroxyl groups excluding tert-OH is 7. The first kappa shape index (κ1) is 47.6. The van der Waals surface area contributed by atoms with E-state index in [1.807, 2.05) is 0 Å². The van der Waals surface area contributed by atoms with Crippen LogP contribution in [0.2, 0.25) is 0 Å². The average Bonchev–Trinajstić information content (AvgIpc) is 3.70. The molecule has 6 rings (SSSR count). The summed E-state index contributed by atoms with van der Waals surface area (Å²) in [7, 11) is 0. The first-order valence-corrected chi connectivity index (χ1v) is 19.4. The lowest BCUT2D eigenvalue weighted by Gasteiger charge is -2.47. The highest BCUT2D eigenvalue weighted by molar-refractivity contribution is 5.87. The van der Waals surface area contributed by atoms with Gasteiger partial charge in [-0.2, -0.15) is 0 Å². The van der Waals surface area contributed by atoms with Gasteiger partial charge in [-0.3, -0.25) is 0 Å². The van der Waals surface area contributed by atoms with Gasteiger partial charge in [0.25, 0.3) is 0 Å². The first-order valence-electron chi connectivity index (χ1n) is 19.4. The SMILES string of the molecule is C[C@@H]1O[C@@H](O[C@@H]2[C@@H](O)[C@H](OCCc3ccc(O)c(O)c3)O[C@H](CO[C@@H]3OC[C@](O)(CO)[C@H]3O)[C@H]2OC(=O)C=Cc2ccc(O)c(O)c2)[C@H](O)[C@H](O)[C@H]1O[C@@H]1OC[C@](O)(CO)[C@H]1O. The van der Waals surface area contributed by atoms with Crippen molar-refractivity contribution in [3.8, 4) is 23.0 Å². The number of aromatic hydroxyl groups is 4. The second kappa shape index (κ2) is 19.9. The lowest BCUT2D eigenvalue weighted by molar-refractivity contribution is -0.367. The van der Waals surface area contributed by atoms with E-state index in [0.29, 0.717) is 5.56 Å². The maximum absolute atomic E-state index is 13.4. The van der Waals surface area contributed by atoms with Crippen LogP contribution in [-0.4, -0.2) is 209 Å². The zero-order valence-electron chi connectivity index (χ0n) is 33.0. The van der Waals surface area contributed by atoms with Crippen molar-refractivity contribution in [2.75, 3.05) is 39.6 Å². The third-order valence-electron chi connectivity index (χ3n) is 10.9. The minimum absolute atomic E-state index is 0.0929. The summed E-state index contributed by atoms with van der Waals surface area (Å²) in [6.07, 6.45) is -21.3. The van der Waals surface area contributed by atoms with Gasteiger partial charge < -0.3 is 109 Å². The summed E-state index contributed by atoms with van der Waals surface area (Å²) in [6, 6.07) is 7.72. The molecular formula is C39H52O23. The Labute approximate surface area is 352 Å². The van der Waals surface area contributed by atoms with Gasteiger partial charge in [-0.15, -0.1) is 0 Å². The van der Waals surface area contributed by atoms with Crippen LogP contribution in [0.3, 0.4) is 0 Å². The molecule has 346 valence electrons. The molecule has 0 aromatic heterocycles. The largest absolute Gasteiger partial charge is 0.504 e. The molecule has 0 aliphatic carbocycles. The zero-order valence-corrected chi connectivity index (χ0v) is 33.0. The van der Waals surface area contributed by atoms with E-state index in [0.717, 1.165) is 12.1 Å². The monoisotopic (exact) mass is 888 g/mol. The number of hydrogen-bond acceptors (Lipinski definition) is 23. The van der Waals surface area contributed by atoms with Gasteiger partial charge in [-0.1, -0.05) is 12.1 Å². The van der Waals surface area contributed by atoms with Crippen molar-refractivity contribution in [1.29, 1.82) is 0 Å². The number of esters is 1. The van der Waals surface area contributed by atoms with Crippen LogP contribution in [0, 0.1) is 0 Å². The van der Waals surface area contributed by atoms with Crippen LogP contribution in [0.15, 0.2) is 42.5 Å². The standard InChI is InChI=1S/C39H52O23/c1-17-29(61-37-33(51)39(53,14-41)16-57-37)26(47)27(48)35(58-17)62-31-28(49)34(54-9-8-19-3-6-21(43)23(45)11-19)59-24(12-55-36-32(50)38(52,13-40)15-56-36)30(31)60-25(46)7-4-18-2-5-20(42)22(44)10-18/h2-7,10-11,17,24,26-37,40-45,47-53H,8-9,12-16H2,1H3/t17-,24+,26-,27+,28+,29-,30+,31+,32-,33-,34+,35-,36+,37-,38+,39+/m0/s1. The van der Waals surface area contributed by atoms with Crippen molar-refractivity contribution in [1.82, 2.24) is 0 Å². The van der Waals surface area contributed by atoms with E-state index < -0.39 is 154 Å². The second-order valence-corrected chi connectivity index (χ2v) is 15.5. The molecule has 13 N–H and O–H groups in total. The molecule has 0 radical (unpaired) electrons. The summed E-state index contributed by atoms with van der Waals surface area (Å²) in [5.41, 5.74) is -3.42. The molecule has 0 bridgehead atoms.